The van der Waals surface area contributed by atoms with Crippen molar-refractivity contribution in [3.63, 3.8) is 0 Å². The fraction of sp³-hybridized carbons (Fsp3) is 0.467. The first-order valence-electron chi connectivity index (χ1n) is 40.1. The molecule has 25 atom stereocenters. The second-order valence-electron chi connectivity index (χ2n) is 30.8. The van der Waals surface area contributed by atoms with Crippen molar-refractivity contribution in [3.8, 4) is 0 Å². The van der Waals surface area contributed by atoms with E-state index in [0.29, 0.717) is 0 Å². The molecule has 10 unspecified atom stereocenters. The first-order chi connectivity index (χ1) is 56.0. The van der Waals surface area contributed by atoms with E-state index in [-0.39, 0.29) is 72.0 Å². The SMILES string of the molecule is CC(=O)NC1[C@H](C)OC2COC(C)(C)O[C@H]2[C@@H]1O[C@@H]1OC(C)[C@@H](OCc2ccccc2)[C@H](O[C@@H]2OC(C)[C@@H](OCc3ccccc3)[C@H](OCc3ccccc3)C2O[C@@H]2OC(C)[C@@H](OCc3ccccc3)[C@H](O[C@H]3O[C@@H](COCc4ccccc4)[C@H](OCc4ccccc4)C(OCc4ccccc4)C3OCc3ccccc3)C2O)C1O. The van der Waals surface area contributed by atoms with Crippen molar-refractivity contribution in [2.75, 3.05) is 13.2 Å². The molecule has 14 rings (SSSR count). The predicted molar refractivity (Wildman–Crippen MR) is 421 cm³/mol. The Bertz CT molecular complexity index is 4160. The molecule has 0 spiro atoms. The number of carbonyl (C=O) groups excluding carboxylic acids is 1. The van der Waals surface area contributed by atoms with Gasteiger partial charge < -0.3 is 106 Å². The molecule has 6 heterocycles. The third-order valence-corrected chi connectivity index (χ3v) is 21.7. The van der Waals surface area contributed by atoms with Crippen molar-refractivity contribution in [1.29, 1.82) is 0 Å². The van der Waals surface area contributed by atoms with E-state index in [1.807, 2.05) is 270 Å². The van der Waals surface area contributed by atoms with E-state index >= 15 is 0 Å². The van der Waals surface area contributed by atoms with Gasteiger partial charge in [-0.25, -0.2) is 0 Å². The van der Waals surface area contributed by atoms with Gasteiger partial charge in [0.25, 0.3) is 0 Å². The van der Waals surface area contributed by atoms with Gasteiger partial charge >= 0.3 is 0 Å². The fourth-order valence-corrected chi connectivity index (χ4v) is 15.8. The van der Waals surface area contributed by atoms with Crippen LogP contribution in [-0.4, -0.2) is 188 Å². The normalized spacial score (nSPS) is 32.7. The zero-order valence-electron chi connectivity index (χ0n) is 66.2. The Kier molecular flexibility index (Phi) is 29.7. The summed E-state index contributed by atoms with van der Waals surface area (Å²) in [7, 11) is 0. The average molecular weight is 1580 g/mol. The third kappa shape index (κ3) is 22.2. The topological polar surface area (TPSA) is 245 Å². The standard InChI is InChI=1S/C92H109NO22/c1-58-73(93-62(5)94)81(80-72(106-58)57-105-92(6,7)115-80)111-88-74(95)83(77(59(2)107-88)99-50-65-36-20-10-21-37-65)113-91-87(84(102-53-68-42-26-13-27-43-68)78(61(4)109-91)100-51-66-38-22-11-23-39-66)114-89-75(96)82(76(60(3)108-89)98-49-64-34-18-9-19-35-64)112-90-86(104-55-70-46-30-15-31-47-70)85(103-54-69-44-28-14-29-45-69)79(101-52-67-40-24-12-25-41-67)71(110-90)56-97-48-63-32-16-8-17-33-63/h8-47,58-61,71-91,95-96H,48-57H2,1-7H3,(H,93,94)/t58-,59?,60?,61?,71-,72?,73?,74?,75?,76+,77+,78+,79-,80+,81+,82+,83+,84-,85?,86?,87?,88-,89-,90+,91-/m0/s1. The molecule has 0 saturated carbocycles. The molecule has 0 radical (unpaired) electrons. The zero-order chi connectivity index (χ0) is 79.6. The molecule has 0 aliphatic carbocycles. The lowest BCUT2D eigenvalue weighted by Gasteiger charge is -2.53. The van der Waals surface area contributed by atoms with Crippen molar-refractivity contribution in [3.05, 3.63) is 287 Å². The third-order valence-electron chi connectivity index (χ3n) is 21.7. The Morgan fingerprint density at radius 1 is 0.357 bits per heavy atom. The van der Waals surface area contributed by atoms with E-state index in [4.69, 9.17) is 90.0 Å². The first kappa shape index (κ1) is 83.9. The largest absolute Gasteiger partial charge is 0.385 e. The first-order valence-corrected chi connectivity index (χ1v) is 40.1. The molecule has 23 nitrogen and oxygen atoms in total. The molecule has 8 aromatic carbocycles. The van der Waals surface area contributed by atoms with Crippen molar-refractivity contribution in [2.24, 2.45) is 0 Å². The van der Waals surface area contributed by atoms with Gasteiger partial charge in [-0.05, 0) is 86.1 Å². The number of hydrogen-bond acceptors (Lipinski definition) is 22. The molecule has 6 aliphatic heterocycles. The summed E-state index contributed by atoms with van der Waals surface area (Å²) in [6.45, 7) is 13.5. The van der Waals surface area contributed by atoms with Gasteiger partial charge in [-0.1, -0.05) is 243 Å². The fourth-order valence-electron chi connectivity index (χ4n) is 15.8. The highest BCUT2D eigenvalue weighted by molar-refractivity contribution is 5.73. The van der Waals surface area contributed by atoms with Gasteiger partial charge in [0, 0.05) is 6.92 Å². The van der Waals surface area contributed by atoms with Gasteiger partial charge in [0.1, 0.15) is 97.7 Å². The Hall–Kier alpha value is -7.61. The number of ether oxygens (including phenoxy) is 19. The summed E-state index contributed by atoms with van der Waals surface area (Å²) in [5.41, 5.74) is 7.02. The van der Waals surface area contributed by atoms with Crippen LogP contribution in [0.2, 0.25) is 0 Å². The molecule has 6 aliphatic rings. The molecule has 614 valence electrons. The highest BCUT2D eigenvalue weighted by Gasteiger charge is 2.59. The molecular formula is C92H109NO22. The summed E-state index contributed by atoms with van der Waals surface area (Å²) < 4.78 is 134. The van der Waals surface area contributed by atoms with Crippen molar-refractivity contribution in [1.82, 2.24) is 5.32 Å². The minimum Gasteiger partial charge on any atom is -0.385 e. The number of nitrogens with one attached hydrogen (secondary N) is 1. The number of fused-ring (bicyclic) bond motifs is 1. The minimum atomic E-state index is -1.75. The van der Waals surface area contributed by atoms with Crippen LogP contribution in [0.1, 0.15) is 93.0 Å². The van der Waals surface area contributed by atoms with Crippen LogP contribution in [0.4, 0.5) is 0 Å². The second-order valence-corrected chi connectivity index (χ2v) is 30.8. The predicted octanol–water partition coefficient (Wildman–Crippen LogP) is 12.0. The lowest BCUT2D eigenvalue weighted by Crippen LogP contribution is -2.70. The smallest absolute Gasteiger partial charge is 0.217 e. The van der Waals surface area contributed by atoms with Gasteiger partial charge in [-0.2, -0.15) is 0 Å². The maximum Gasteiger partial charge on any atom is 0.217 e. The van der Waals surface area contributed by atoms with Crippen molar-refractivity contribution >= 4 is 5.91 Å². The summed E-state index contributed by atoms with van der Waals surface area (Å²) in [6, 6.07) is 77.4. The van der Waals surface area contributed by atoms with E-state index in [9.17, 15) is 15.0 Å². The Morgan fingerprint density at radius 2 is 0.661 bits per heavy atom. The van der Waals surface area contributed by atoms with E-state index in [1.54, 1.807) is 13.8 Å². The van der Waals surface area contributed by atoms with Crippen molar-refractivity contribution in [2.45, 2.75) is 260 Å². The van der Waals surface area contributed by atoms with Crippen LogP contribution in [0, 0.1) is 0 Å². The average Bonchev–Trinajstić information content (AvgIpc) is 0.758. The van der Waals surface area contributed by atoms with Crippen LogP contribution < -0.4 is 5.32 Å². The van der Waals surface area contributed by atoms with Gasteiger partial charge in [0.05, 0.1) is 96.5 Å². The zero-order valence-corrected chi connectivity index (χ0v) is 66.2. The number of carbonyl (C=O) groups is 1. The Labute approximate surface area is 673 Å². The van der Waals surface area contributed by atoms with E-state index < -0.39 is 159 Å². The molecule has 6 fully saturated rings. The molecule has 3 N–H and O–H groups in total. The van der Waals surface area contributed by atoms with Gasteiger partial charge in [-0.3, -0.25) is 4.79 Å². The maximum absolute atomic E-state index is 13.9. The Morgan fingerprint density at radius 3 is 1.04 bits per heavy atom. The molecular weight excluding hydrogens is 1470 g/mol. The quantitative estimate of drug-likeness (QED) is 0.0339. The summed E-state index contributed by atoms with van der Waals surface area (Å²) in [4.78, 5) is 13.1. The molecule has 23 heteroatoms. The molecule has 0 aromatic heterocycles. The number of hydrogen-bond donors (Lipinski definition) is 3. The van der Waals surface area contributed by atoms with Crippen molar-refractivity contribution < 1.29 is 105 Å². The Balaban J connectivity index is 0.854. The number of rotatable bonds is 34. The number of aliphatic hydroxyl groups excluding tert-OH is 2. The van der Waals surface area contributed by atoms with Crippen LogP contribution in [0.3, 0.4) is 0 Å². The lowest BCUT2D eigenvalue weighted by molar-refractivity contribution is -0.407. The highest BCUT2D eigenvalue weighted by atomic mass is 16.8. The molecule has 0 bridgehead atoms. The molecule has 8 aromatic rings. The van der Waals surface area contributed by atoms with Crippen LogP contribution in [0.5, 0.6) is 0 Å². The van der Waals surface area contributed by atoms with E-state index in [1.165, 1.54) is 6.92 Å². The number of amides is 1. The van der Waals surface area contributed by atoms with E-state index in [0.717, 1.165) is 44.5 Å². The summed E-state index contributed by atoms with van der Waals surface area (Å²) in [6.07, 6.45) is -27.0. The van der Waals surface area contributed by atoms with Gasteiger partial charge in [-0.15, -0.1) is 0 Å². The monoisotopic (exact) mass is 1580 g/mol. The summed E-state index contributed by atoms with van der Waals surface area (Å²) in [5, 5.41) is 30.4. The minimum absolute atomic E-state index is 0.0116. The molecule has 1 amide bonds. The van der Waals surface area contributed by atoms with Gasteiger partial charge in [0.2, 0.25) is 5.91 Å². The number of benzene rings is 8. The molecule has 6 saturated heterocycles. The van der Waals surface area contributed by atoms with Crippen LogP contribution >= 0.6 is 0 Å². The van der Waals surface area contributed by atoms with Crippen LogP contribution in [-0.2, 0) is 148 Å². The van der Waals surface area contributed by atoms with Crippen LogP contribution in [0.15, 0.2) is 243 Å². The molecule has 115 heavy (non-hydrogen) atoms. The van der Waals surface area contributed by atoms with Crippen LogP contribution in [0.25, 0.3) is 0 Å². The summed E-state index contributed by atoms with van der Waals surface area (Å²) in [5.74, 6) is -1.42. The summed E-state index contributed by atoms with van der Waals surface area (Å²) >= 11 is 0. The second kappa shape index (κ2) is 40.7. The highest BCUT2D eigenvalue weighted by Crippen LogP contribution is 2.42. The van der Waals surface area contributed by atoms with Gasteiger partial charge in [0.15, 0.2) is 30.9 Å². The maximum atomic E-state index is 13.9. The number of aliphatic hydroxyl groups is 2. The lowest BCUT2D eigenvalue weighted by atomic mass is 9.91. The van der Waals surface area contributed by atoms with E-state index in [2.05, 4.69) is 5.32 Å².